The van der Waals surface area contributed by atoms with Crippen LogP contribution in [0.1, 0.15) is 63.0 Å². The van der Waals surface area contributed by atoms with Crippen molar-refractivity contribution in [2.45, 2.75) is 77.2 Å². The van der Waals surface area contributed by atoms with E-state index in [9.17, 15) is 9.59 Å². The summed E-state index contributed by atoms with van der Waals surface area (Å²) in [7, 11) is -0.886. The molecule has 1 atom stereocenters. The quantitative estimate of drug-likeness (QED) is 0.130. The number of anilines is 1. The van der Waals surface area contributed by atoms with E-state index < -0.39 is 43.2 Å². The molecule has 0 bridgehead atoms. The monoisotopic (exact) mass is 728 g/mol. The summed E-state index contributed by atoms with van der Waals surface area (Å²) in [6.07, 6.45) is -0.235. The molecule has 3 aromatic carbocycles. The molecule has 270 valence electrons. The molecule has 12 heteroatoms. The van der Waals surface area contributed by atoms with Crippen LogP contribution in [0.5, 0.6) is 5.75 Å². The van der Waals surface area contributed by atoms with Crippen molar-refractivity contribution in [3.63, 3.8) is 0 Å². The van der Waals surface area contributed by atoms with Crippen LogP contribution in [0, 0.1) is 11.6 Å². The Kier molecular flexibility index (Phi) is 10.4. The Labute approximate surface area is 299 Å². The molecule has 8 nitrogen and oxygen atoms in total. The average molecular weight is 729 g/mol. The van der Waals surface area contributed by atoms with Crippen LogP contribution >= 0.6 is 11.6 Å². The lowest BCUT2D eigenvalue weighted by molar-refractivity contribution is 0.0164. The lowest BCUT2D eigenvalue weighted by atomic mass is 9.82. The number of carbonyl (C=O) groups is 2. The largest absolute Gasteiger partial charge is 0.488 e. The number of esters is 1. The van der Waals surface area contributed by atoms with Gasteiger partial charge in [-0.05, 0) is 68.2 Å². The standard InChI is InChI=1S/C38H47ClF2N2O6Si/c1-36(2,3)49-35(45)42-17-18-43-28-21-27(40)32(39)30(26(28)22-38(43,23-42)24-13-11-10-12-14-24)31-25(34(44)46-7)15-16-29(33(31)41)47-19-20-48-50(8,9)37(4,5)6/h10-16,21H,17-20,22-23H2,1-9H3. The number of piperazine rings is 1. The minimum atomic E-state index is -2.08. The molecule has 50 heavy (non-hydrogen) atoms. The van der Waals surface area contributed by atoms with Crippen molar-refractivity contribution >= 4 is 37.7 Å². The average Bonchev–Trinajstić information content (AvgIpc) is 3.37. The van der Waals surface area contributed by atoms with E-state index >= 15 is 8.78 Å². The Hall–Kier alpha value is -3.67. The molecule has 0 N–H and O–H groups in total. The Morgan fingerprint density at radius 2 is 1.64 bits per heavy atom. The summed E-state index contributed by atoms with van der Waals surface area (Å²) in [5, 5.41) is -0.352. The molecular formula is C38H47ClF2N2O6Si. The highest BCUT2D eigenvalue weighted by Crippen LogP contribution is 2.53. The molecule has 1 saturated heterocycles. The zero-order valence-corrected chi connectivity index (χ0v) is 32.1. The molecule has 2 heterocycles. The summed E-state index contributed by atoms with van der Waals surface area (Å²) in [5.41, 5.74) is 0.0264. The summed E-state index contributed by atoms with van der Waals surface area (Å²) in [5.74, 6) is -2.59. The number of fused-ring (bicyclic) bond motifs is 3. The zero-order valence-electron chi connectivity index (χ0n) is 30.3. The van der Waals surface area contributed by atoms with E-state index in [1.165, 1.54) is 25.3 Å². The second kappa shape index (κ2) is 13.8. The highest BCUT2D eigenvalue weighted by atomic mass is 35.5. The molecule has 0 spiro atoms. The van der Waals surface area contributed by atoms with E-state index in [-0.39, 0.29) is 58.7 Å². The summed E-state index contributed by atoms with van der Waals surface area (Å²) in [6.45, 7) is 17.2. The molecule has 5 rings (SSSR count). The van der Waals surface area contributed by atoms with Crippen molar-refractivity contribution in [3.8, 4) is 16.9 Å². The summed E-state index contributed by atoms with van der Waals surface area (Å²) in [6, 6.07) is 13.7. The third-order valence-corrected chi connectivity index (χ3v) is 14.9. The zero-order chi connectivity index (χ0) is 36.8. The highest BCUT2D eigenvalue weighted by molar-refractivity contribution is 6.74. The maximum absolute atomic E-state index is 16.8. The number of hydrogen-bond donors (Lipinski definition) is 0. The van der Waals surface area contributed by atoms with Crippen LogP contribution in [0.25, 0.3) is 11.1 Å². The highest BCUT2D eigenvalue weighted by Gasteiger charge is 2.51. The Balaban J connectivity index is 1.62. The maximum Gasteiger partial charge on any atom is 0.410 e. The molecule has 3 aromatic rings. The summed E-state index contributed by atoms with van der Waals surface area (Å²) in [4.78, 5) is 30.2. The van der Waals surface area contributed by atoms with Gasteiger partial charge in [-0.2, -0.15) is 0 Å². The first kappa shape index (κ1) is 37.6. The van der Waals surface area contributed by atoms with Crippen molar-refractivity contribution in [1.29, 1.82) is 0 Å². The van der Waals surface area contributed by atoms with Crippen LogP contribution in [-0.2, 0) is 25.9 Å². The summed E-state index contributed by atoms with van der Waals surface area (Å²) >= 11 is 6.76. The SMILES string of the molecule is COC(=O)c1ccc(OCCO[Si](C)(C)C(C)(C)C)c(F)c1-c1c(Cl)c(F)cc2c1CC1(c3ccccc3)CN(C(=O)OC(C)(C)C)CCN21. The van der Waals surface area contributed by atoms with Crippen molar-refractivity contribution in [3.05, 3.63) is 81.9 Å². The topological polar surface area (TPSA) is 77.5 Å². The Morgan fingerprint density at radius 1 is 0.960 bits per heavy atom. The Bertz CT molecular complexity index is 1780. The van der Waals surface area contributed by atoms with E-state index in [2.05, 4.69) is 38.8 Å². The predicted molar refractivity (Wildman–Crippen MR) is 194 cm³/mol. The fourth-order valence-electron chi connectivity index (χ4n) is 6.48. The van der Waals surface area contributed by atoms with Crippen LogP contribution < -0.4 is 9.64 Å². The molecule has 2 aliphatic rings. The van der Waals surface area contributed by atoms with Gasteiger partial charge < -0.3 is 28.4 Å². The van der Waals surface area contributed by atoms with Crippen molar-refractivity contribution in [2.24, 2.45) is 0 Å². The van der Waals surface area contributed by atoms with Crippen molar-refractivity contribution in [2.75, 3.05) is 44.9 Å². The number of carbonyl (C=O) groups excluding carboxylic acids is 2. The number of benzene rings is 3. The van der Waals surface area contributed by atoms with Crippen LogP contribution in [-0.4, -0.2) is 70.8 Å². The van der Waals surface area contributed by atoms with Gasteiger partial charge in [0.25, 0.3) is 0 Å². The van der Waals surface area contributed by atoms with Crippen LogP contribution in [0.15, 0.2) is 48.5 Å². The molecule has 1 unspecified atom stereocenters. The molecule has 0 aliphatic carbocycles. The van der Waals surface area contributed by atoms with E-state index in [0.717, 1.165) is 5.56 Å². The number of rotatable bonds is 8. The molecule has 0 aromatic heterocycles. The van der Waals surface area contributed by atoms with Crippen LogP contribution in [0.2, 0.25) is 23.2 Å². The van der Waals surface area contributed by atoms with Crippen molar-refractivity contribution in [1.82, 2.24) is 4.90 Å². The Morgan fingerprint density at radius 3 is 2.26 bits per heavy atom. The van der Waals surface area contributed by atoms with Gasteiger partial charge in [0.2, 0.25) is 0 Å². The molecule has 0 saturated carbocycles. The normalized spacial score (nSPS) is 17.7. The van der Waals surface area contributed by atoms with Gasteiger partial charge in [0.05, 0.1) is 36.4 Å². The van der Waals surface area contributed by atoms with Gasteiger partial charge >= 0.3 is 12.1 Å². The third kappa shape index (κ3) is 7.09. The summed E-state index contributed by atoms with van der Waals surface area (Å²) < 4.78 is 55.7. The van der Waals surface area contributed by atoms with Crippen molar-refractivity contribution < 1.29 is 37.0 Å². The molecule has 1 amide bonds. The minimum absolute atomic E-state index is 0.0175. The molecule has 2 aliphatic heterocycles. The lowest BCUT2D eigenvalue weighted by Gasteiger charge is -2.48. The fourth-order valence-corrected chi connectivity index (χ4v) is 7.77. The van der Waals surface area contributed by atoms with Crippen LogP contribution in [0.4, 0.5) is 19.3 Å². The second-order valence-electron chi connectivity index (χ2n) is 15.4. The van der Waals surface area contributed by atoms with Crippen LogP contribution in [0.3, 0.4) is 0 Å². The lowest BCUT2D eigenvalue weighted by Crippen LogP contribution is -2.60. The van der Waals surface area contributed by atoms with Gasteiger partial charge in [-0.25, -0.2) is 18.4 Å². The first-order chi connectivity index (χ1) is 23.3. The number of methoxy groups -OCH3 is 1. The van der Waals surface area contributed by atoms with E-state index in [0.29, 0.717) is 24.3 Å². The van der Waals surface area contributed by atoms with E-state index in [1.807, 2.05) is 51.1 Å². The van der Waals surface area contributed by atoms with E-state index in [4.69, 9.17) is 30.2 Å². The third-order valence-electron chi connectivity index (χ3n) is 9.96. The minimum Gasteiger partial charge on any atom is -0.488 e. The smallest absolute Gasteiger partial charge is 0.410 e. The number of hydrogen-bond acceptors (Lipinski definition) is 7. The van der Waals surface area contributed by atoms with Gasteiger partial charge in [-0.3, -0.25) is 0 Å². The fraction of sp³-hybridized carbons (Fsp3) is 0.474. The van der Waals surface area contributed by atoms with E-state index in [1.54, 1.807) is 4.90 Å². The van der Waals surface area contributed by atoms with Gasteiger partial charge in [0.1, 0.15) is 18.0 Å². The van der Waals surface area contributed by atoms with Gasteiger partial charge in [0.15, 0.2) is 19.9 Å². The first-order valence-electron chi connectivity index (χ1n) is 16.8. The first-order valence-corrected chi connectivity index (χ1v) is 20.1. The predicted octanol–water partition coefficient (Wildman–Crippen LogP) is 8.98. The number of amides is 1. The van der Waals surface area contributed by atoms with Gasteiger partial charge in [0, 0.05) is 36.3 Å². The van der Waals surface area contributed by atoms with Gasteiger partial charge in [-0.1, -0.05) is 62.7 Å². The number of halogens is 3. The number of ether oxygens (including phenoxy) is 3. The molecule has 1 fully saturated rings. The maximum atomic E-state index is 16.8. The van der Waals surface area contributed by atoms with Gasteiger partial charge in [-0.15, -0.1) is 0 Å². The number of nitrogens with zero attached hydrogens (tertiary/aromatic N) is 2. The molecule has 0 radical (unpaired) electrons. The second-order valence-corrected chi connectivity index (χ2v) is 20.6. The molecular weight excluding hydrogens is 682 g/mol.